The average Bonchev–Trinajstić information content (AvgIpc) is 3.39. The lowest BCUT2D eigenvalue weighted by Crippen LogP contribution is -2.56. The summed E-state index contributed by atoms with van der Waals surface area (Å²) in [5, 5.41) is 11.5. The van der Waals surface area contributed by atoms with Gasteiger partial charge >= 0.3 is 0 Å². The molecule has 0 aliphatic carbocycles. The highest BCUT2D eigenvalue weighted by Gasteiger charge is 2.30. The van der Waals surface area contributed by atoms with Gasteiger partial charge in [-0.3, -0.25) is 10.00 Å². The fourth-order valence-electron chi connectivity index (χ4n) is 5.30. The molecule has 40 heavy (non-hydrogen) atoms. The number of rotatable bonds is 7. The number of ether oxygens (including phenoxy) is 1. The zero-order valence-electron chi connectivity index (χ0n) is 23.2. The first-order valence-corrected chi connectivity index (χ1v) is 13.5. The second kappa shape index (κ2) is 10.9. The lowest BCUT2D eigenvalue weighted by atomic mass is 10.1. The van der Waals surface area contributed by atoms with Crippen LogP contribution in [-0.4, -0.2) is 67.3 Å². The molecule has 0 radical (unpaired) electrons. The first-order chi connectivity index (χ1) is 19.5. The number of nitrogens with one attached hydrogen (secondary N) is 2. The van der Waals surface area contributed by atoms with Crippen LogP contribution >= 0.6 is 0 Å². The quantitative estimate of drug-likeness (QED) is 0.299. The molecule has 4 aromatic heterocycles. The van der Waals surface area contributed by atoms with E-state index < -0.39 is 0 Å². The second-order valence-corrected chi connectivity index (χ2v) is 10.4. The molecule has 1 aliphatic heterocycles. The van der Waals surface area contributed by atoms with Crippen molar-refractivity contribution >= 4 is 28.4 Å². The van der Waals surface area contributed by atoms with Gasteiger partial charge < -0.3 is 15.0 Å². The molecular weight excluding hydrogens is 502 g/mol. The molecule has 0 saturated carbocycles. The highest BCUT2D eigenvalue weighted by molar-refractivity contribution is 5.91. The first kappa shape index (κ1) is 25.7. The molecule has 204 valence electrons. The van der Waals surface area contributed by atoms with Gasteiger partial charge in [0.05, 0.1) is 12.6 Å². The molecule has 10 heteroatoms. The SMILES string of the molecule is COc1ccc(CN2[C@H](C)CN(c3ccc(-c4nc(Nc5cc(C)[nH]n5)c5ccccc5n4)cn3)C[C@H]2C)cn1. The van der Waals surface area contributed by atoms with Crippen LogP contribution in [0.4, 0.5) is 17.5 Å². The largest absolute Gasteiger partial charge is 0.481 e. The smallest absolute Gasteiger partial charge is 0.212 e. The normalized spacial score (nSPS) is 17.8. The van der Waals surface area contributed by atoms with Gasteiger partial charge in [-0.2, -0.15) is 5.10 Å². The molecule has 0 spiro atoms. The molecule has 1 saturated heterocycles. The summed E-state index contributed by atoms with van der Waals surface area (Å²) >= 11 is 0. The zero-order valence-corrected chi connectivity index (χ0v) is 23.2. The summed E-state index contributed by atoms with van der Waals surface area (Å²) in [6, 6.07) is 18.8. The van der Waals surface area contributed by atoms with Gasteiger partial charge in [-0.25, -0.2) is 19.9 Å². The number of aryl methyl sites for hydroxylation is 1. The van der Waals surface area contributed by atoms with Gasteiger partial charge in [-0.1, -0.05) is 18.2 Å². The molecule has 1 aliphatic rings. The molecule has 5 heterocycles. The van der Waals surface area contributed by atoms with Crippen molar-refractivity contribution in [1.82, 2.24) is 35.0 Å². The Hall–Kier alpha value is -4.57. The van der Waals surface area contributed by atoms with E-state index in [1.807, 2.05) is 55.7 Å². The summed E-state index contributed by atoms with van der Waals surface area (Å²) in [7, 11) is 1.64. The molecular formula is C30H33N9O. The Morgan fingerprint density at radius 1 is 0.975 bits per heavy atom. The van der Waals surface area contributed by atoms with Crippen LogP contribution in [0.1, 0.15) is 25.1 Å². The van der Waals surface area contributed by atoms with E-state index >= 15 is 0 Å². The molecule has 0 bridgehead atoms. The van der Waals surface area contributed by atoms with Crippen molar-refractivity contribution in [3.05, 3.63) is 78.2 Å². The molecule has 10 nitrogen and oxygen atoms in total. The maximum absolute atomic E-state index is 5.20. The van der Waals surface area contributed by atoms with E-state index in [1.165, 1.54) is 5.56 Å². The molecule has 1 fully saturated rings. The Morgan fingerprint density at radius 2 is 1.80 bits per heavy atom. The summed E-state index contributed by atoms with van der Waals surface area (Å²) in [4.78, 5) is 23.8. The van der Waals surface area contributed by atoms with Gasteiger partial charge in [0.2, 0.25) is 5.88 Å². The number of hydrogen-bond donors (Lipinski definition) is 2. The summed E-state index contributed by atoms with van der Waals surface area (Å²) in [6.07, 6.45) is 3.77. The van der Waals surface area contributed by atoms with Crippen LogP contribution in [0, 0.1) is 6.92 Å². The molecule has 1 aromatic carbocycles. The minimum atomic E-state index is 0.357. The average molecular weight is 536 g/mol. The van der Waals surface area contributed by atoms with Crippen molar-refractivity contribution in [2.75, 3.05) is 30.4 Å². The third-order valence-electron chi connectivity index (χ3n) is 7.36. The zero-order chi connectivity index (χ0) is 27.6. The predicted octanol–water partition coefficient (Wildman–Crippen LogP) is 4.97. The van der Waals surface area contributed by atoms with Crippen LogP contribution in [-0.2, 0) is 6.54 Å². The predicted molar refractivity (Wildman–Crippen MR) is 157 cm³/mol. The number of piperazine rings is 1. The third kappa shape index (κ3) is 5.30. The van der Waals surface area contributed by atoms with Crippen molar-refractivity contribution in [2.45, 2.75) is 39.4 Å². The Morgan fingerprint density at radius 3 is 2.48 bits per heavy atom. The van der Waals surface area contributed by atoms with Crippen molar-refractivity contribution in [3.63, 3.8) is 0 Å². The number of pyridine rings is 2. The lowest BCUT2D eigenvalue weighted by molar-refractivity contribution is 0.122. The van der Waals surface area contributed by atoms with Crippen molar-refractivity contribution < 1.29 is 4.74 Å². The minimum Gasteiger partial charge on any atom is -0.481 e. The van der Waals surface area contributed by atoms with Crippen molar-refractivity contribution in [2.24, 2.45) is 0 Å². The number of benzene rings is 1. The second-order valence-electron chi connectivity index (χ2n) is 10.4. The fraction of sp³-hybridized carbons (Fsp3) is 0.300. The number of para-hydroxylation sites is 1. The number of aromatic amines is 1. The maximum atomic E-state index is 5.20. The van der Waals surface area contributed by atoms with Crippen LogP contribution in [0.2, 0.25) is 0 Å². The van der Waals surface area contributed by atoms with E-state index in [1.54, 1.807) is 7.11 Å². The third-order valence-corrected chi connectivity index (χ3v) is 7.36. The molecule has 0 unspecified atom stereocenters. The highest BCUT2D eigenvalue weighted by Crippen LogP contribution is 2.28. The van der Waals surface area contributed by atoms with Crippen molar-refractivity contribution in [3.8, 4) is 17.3 Å². The van der Waals surface area contributed by atoms with Gasteiger partial charge in [-0.15, -0.1) is 0 Å². The molecule has 0 amide bonds. The Kier molecular flexibility index (Phi) is 7.00. The summed E-state index contributed by atoms with van der Waals surface area (Å²) in [5.41, 5.74) is 3.88. The fourth-order valence-corrected chi connectivity index (χ4v) is 5.30. The van der Waals surface area contributed by atoms with E-state index in [-0.39, 0.29) is 0 Å². The standard InChI is InChI=1S/C30H33N9O/c1-19-13-26(37-36-19)34-30-24-7-5-6-8-25(24)33-29(35-30)23-10-11-27(31-15-23)38-16-20(2)39(21(3)17-38)18-22-9-12-28(40-4)32-14-22/h5-15,20-21H,16-18H2,1-4H3,(H2,33,34,35,36,37)/t20-,21-/m1/s1. The van der Waals surface area contributed by atoms with Crippen molar-refractivity contribution in [1.29, 1.82) is 0 Å². The Bertz CT molecular complexity index is 1590. The van der Waals surface area contributed by atoms with Crippen LogP contribution in [0.3, 0.4) is 0 Å². The monoisotopic (exact) mass is 535 g/mol. The first-order valence-electron chi connectivity index (χ1n) is 13.5. The van der Waals surface area contributed by atoms with Crippen LogP contribution in [0.25, 0.3) is 22.3 Å². The van der Waals surface area contributed by atoms with Gasteiger partial charge in [0.15, 0.2) is 11.6 Å². The van der Waals surface area contributed by atoms with Crippen LogP contribution < -0.4 is 15.0 Å². The van der Waals surface area contributed by atoms with E-state index in [0.29, 0.717) is 35.4 Å². The van der Waals surface area contributed by atoms with E-state index in [2.05, 4.69) is 62.3 Å². The van der Waals surface area contributed by atoms with E-state index in [9.17, 15) is 0 Å². The Labute approximate surface area is 233 Å². The number of aromatic nitrogens is 6. The van der Waals surface area contributed by atoms with Gasteiger partial charge in [0.25, 0.3) is 0 Å². The van der Waals surface area contributed by atoms with Gasteiger partial charge in [-0.05, 0) is 50.6 Å². The van der Waals surface area contributed by atoms with Crippen LogP contribution in [0.15, 0.2) is 67.0 Å². The maximum Gasteiger partial charge on any atom is 0.212 e. The number of H-pyrrole nitrogens is 1. The highest BCUT2D eigenvalue weighted by atomic mass is 16.5. The number of methoxy groups -OCH3 is 1. The van der Waals surface area contributed by atoms with E-state index in [0.717, 1.165) is 47.6 Å². The molecule has 2 atom stereocenters. The summed E-state index contributed by atoms with van der Waals surface area (Å²) in [6.45, 7) is 9.15. The summed E-state index contributed by atoms with van der Waals surface area (Å²) < 4.78 is 5.20. The number of fused-ring (bicyclic) bond motifs is 1. The number of hydrogen-bond acceptors (Lipinski definition) is 9. The van der Waals surface area contributed by atoms with E-state index in [4.69, 9.17) is 19.7 Å². The number of nitrogens with zero attached hydrogens (tertiary/aromatic N) is 7. The molecule has 5 aromatic rings. The topological polar surface area (TPSA) is 108 Å². The van der Waals surface area contributed by atoms with Gasteiger partial charge in [0.1, 0.15) is 11.6 Å². The minimum absolute atomic E-state index is 0.357. The molecule has 6 rings (SSSR count). The van der Waals surface area contributed by atoms with Crippen LogP contribution in [0.5, 0.6) is 5.88 Å². The number of anilines is 3. The Balaban J connectivity index is 1.19. The summed E-state index contributed by atoms with van der Waals surface area (Å²) in [5.74, 6) is 3.64. The van der Waals surface area contributed by atoms with Gasteiger partial charge in [0, 0.05) is 72.9 Å². The lowest BCUT2D eigenvalue weighted by Gasteiger charge is -2.45. The molecule has 2 N–H and O–H groups in total.